The van der Waals surface area contributed by atoms with E-state index >= 15 is 4.39 Å². The molecule has 8 nitrogen and oxygen atoms in total. The second-order valence-electron chi connectivity index (χ2n) is 8.15. The van der Waals surface area contributed by atoms with Gasteiger partial charge >= 0.3 is 5.97 Å². The number of carboxylic acid groups (broad SMARTS) is 1. The molecule has 0 saturated carbocycles. The SMILES string of the molecule is C[C@H]1COc2c(NCCSC3CNc4ccccc43)c(F)c(N)c3c(=O)c(C(=O)O)cn1c23. The lowest BCUT2D eigenvalue weighted by Gasteiger charge is -2.29. The quantitative estimate of drug-likeness (QED) is 0.318. The minimum atomic E-state index is -1.38. The molecule has 5 N–H and O–H groups in total. The first-order valence-corrected chi connectivity index (χ1v) is 11.7. The number of hydrogen-bond acceptors (Lipinski definition) is 7. The third-order valence-corrected chi connectivity index (χ3v) is 7.35. The van der Waals surface area contributed by atoms with Crippen LogP contribution < -0.4 is 26.5 Å². The van der Waals surface area contributed by atoms with Crippen LogP contribution in [0.5, 0.6) is 5.75 Å². The summed E-state index contributed by atoms with van der Waals surface area (Å²) >= 11 is 1.76. The standard InChI is InChI=1S/C23H23FN4O4S/c1-11-10-32-22-19(26-6-7-33-15-8-27-14-5-3-2-4-12(14)15)17(24)18(25)16-20(22)28(11)9-13(21(16)29)23(30)31/h2-5,9,11,15,26-27H,6-8,10,25H2,1H3,(H,30,31)/t11-,15?/m0/s1. The van der Waals surface area contributed by atoms with Gasteiger partial charge in [-0.3, -0.25) is 4.79 Å². The second-order valence-corrected chi connectivity index (χ2v) is 9.46. The Morgan fingerprint density at radius 2 is 2.21 bits per heavy atom. The minimum Gasteiger partial charge on any atom is -0.487 e. The van der Waals surface area contributed by atoms with E-state index in [9.17, 15) is 14.7 Å². The van der Waals surface area contributed by atoms with Crippen molar-refractivity contribution in [2.45, 2.75) is 18.2 Å². The number of fused-ring (bicyclic) bond motifs is 1. The third-order valence-electron chi connectivity index (χ3n) is 6.08. The van der Waals surface area contributed by atoms with Gasteiger partial charge in [-0.05, 0) is 18.6 Å². The zero-order valence-corrected chi connectivity index (χ0v) is 18.7. The van der Waals surface area contributed by atoms with Gasteiger partial charge in [-0.1, -0.05) is 18.2 Å². The van der Waals surface area contributed by atoms with Gasteiger partial charge in [0, 0.05) is 36.0 Å². The first-order valence-electron chi connectivity index (χ1n) is 10.6. The lowest BCUT2D eigenvalue weighted by molar-refractivity contribution is 0.0694. The maximum Gasteiger partial charge on any atom is 0.341 e. The van der Waals surface area contributed by atoms with Crippen LogP contribution >= 0.6 is 11.8 Å². The number of rotatable bonds is 6. The number of ether oxygens (including phenoxy) is 1. The molecule has 10 heteroatoms. The number of thioether (sulfide) groups is 1. The van der Waals surface area contributed by atoms with Gasteiger partial charge in [0.25, 0.3) is 0 Å². The maximum atomic E-state index is 15.3. The smallest absolute Gasteiger partial charge is 0.341 e. The van der Waals surface area contributed by atoms with E-state index in [4.69, 9.17) is 10.5 Å². The summed E-state index contributed by atoms with van der Waals surface area (Å²) in [7, 11) is 0. The van der Waals surface area contributed by atoms with Crippen LogP contribution in [0.1, 0.15) is 34.1 Å². The number of para-hydroxylation sites is 1. The van der Waals surface area contributed by atoms with E-state index < -0.39 is 22.8 Å². The van der Waals surface area contributed by atoms with Crippen molar-refractivity contribution in [2.24, 2.45) is 0 Å². The molecule has 0 saturated heterocycles. The molecular weight excluding hydrogens is 447 g/mol. The van der Waals surface area contributed by atoms with Gasteiger partial charge in [0.2, 0.25) is 5.43 Å². The molecule has 3 aromatic rings. The molecule has 2 aliphatic heterocycles. The van der Waals surface area contributed by atoms with Gasteiger partial charge < -0.3 is 30.8 Å². The van der Waals surface area contributed by atoms with Crippen molar-refractivity contribution in [3.05, 3.63) is 57.6 Å². The van der Waals surface area contributed by atoms with Crippen molar-refractivity contribution in [3.8, 4) is 5.75 Å². The summed E-state index contributed by atoms with van der Waals surface area (Å²) in [4.78, 5) is 24.4. The molecule has 2 aromatic carbocycles. The molecule has 33 heavy (non-hydrogen) atoms. The Balaban J connectivity index is 1.45. The Labute approximate surface area is 192 Å². The first-order chi connectivity index (χ1) is 15.9. The molecule has 3 heterocycles. The Bertz CT molecular complexity index is 1340. The average Bonchev–Trinajstić information content (AvgIpc) is 3.21. The van der Waals surface area contributed by atoms with Crippen molar-refractivity contribution < 1.29 is 19.0 Å². The van der Waals surface area contributed by atoms with E-state index in [1.807, 2.05) is 19.1 Å². The Kier molecular flexibility index (Phi) is 5.32. The van der Waals surface area contributed by atoms with E-state index in [0.717, 1.165) is 12.2 Å². The Morgan fingerprint density at radius 1 is 1.42 bits per heavy atom. The highest BCUT2D eigenvalue weighted by molar-refractivity contribution is 7.99. The Hall–Kier alpha value is -3.40. The van der Waals surface area contributed by atoms with E-state index in [0.29, 0.717) is 23.1 Å². The fourth-order valence-corrected chi connectivity index (χ4v) is 5.53. The number of nitrogens with one attached hydrogen (secondary N) is 2. The van der Waals surface area contributed by atoms with Crippen LogP contribution in [0.2, 0.25) is 0 Å². The van der Waals surface area contributed by atoms with Gasteiger partial charge in [0.1, 0.15) is 17.9 Å². The Morgan fingerprint density at radius 3 is 3.00 bits per heavy atom. The molecule has 0 amide bonds. The van der Waals surface area contributed by atoms with Crippen LogP contribution in [0.4, 0.5) is 21.5 Å². The zero-order chi connectivity index (χ0) is 23.3. The maximum absolute atomic E-state index is 15.3. The average molecular weight is 471 g/mol. The van der Waals surface area contributed by atoms with Gasteiger partial charge in [-0.25, -0.2) is 9.18 Å². The number of nitrogens with two attached hydrogens (primary N) is 1. The summed E-state index contributed by atoms with van der Waals surface area (Å²) in [5, 5.41) is 16.1. The number of carboxylic acids is 1. The fourth-order valence-electron chi connectivity index (χ4n) is 4.44. The first kappa shape index (κ1) is 21.4. The van der Waals surface area contributed by atoms with E-state index in [2.05, 4.69) is 22.8 Å². The number of carbonyl (C=O) groups is 1. The molecule has 1 aromatic heterocycles. The van der Waals surface area contributed by atoms with Crippen LogP contribution in [0, 0.1) is 5.82 Å². The second kappa shape index (κ2) is 8.18. The minimum absolute atomic E-state index is 0.0914. The number of pyridine rings is 1. The molecule has 0 radical (unpaired) electrons. The van der Waals surface area contributed by atoms with Gasteiger partial charge in [0.05, 0.1) is 22.6 Å². The molecule has 2 aliphatic rings. The number of anilines is 3. The number of aromatic nitrogens is 1. The molecule has 0 bridgehead atoms. The normalized spacial score (nSPS) is 18.5. The zero-order valence-electron chi connectivity index (χ0n) is 17.9. The van der Waals surface area contributed by atoms with Crippen LogP contribution in [-0.4, -0.2) is 41.1 Å². The molecule has 2 atom stereocenters. The van der Waals surface area contributed by atoms with E-state index in [-0.39, 0.29) is 35.2 Å². The van der Waals surface area contributed by atoms with Crippen molar-refractivity contribution in [1.29, 1.82) is 0 Å². The monoisotopic (exact) mass is 470 g/mol. The topological polar surface area (TPSA) is 119 Å². The van der Waals surface area contributed by atoms with Crippen LogP contribution in [0.3, 0.4) is 0 Å². The van der Waals surface area contributed by atoms with Crippen molar-refractivity contribution in [1.82, 2.24) is 4.57 Å². The van der Waals surface area contributed by atoms with Gasteiger partial charge in [0.15, 0.2) is 11.6 Å². The van der Waals surface area contributed by atoms with Gasteiger partial charge in [-0.15, -0.1) is 0 Å². The predicted molar refractivity (Wildman–Crippen MR) is 128 cm³/mol. The molecule has 0 fully saturated rings. The molecular formula is C23H23FN4O4S. The number of aromatic carboxylic acids is 1. The largest absolute Gasteiger partial charge is 0.487 e. The summed E-state index contributed by atoms with van der Waals surface area (Å²) in [5.74, 6) is -1.30. The molecule has 0 spiro atoms. The summed E-state index contributed by atoms with van der Waals surface area (Å²) in [6.07, 6.45) is 1.28. The van der Waals surface area contributed by atoms with E-state index in [1.165, 1.54) is 11.8 Å². The lowest BCUT2D eigenvalue weighted by atomic mass is 10.0. The highest BCUT2D eigenvalue weighted by Gasteiger charge is 2.30. The number of nitrogen functional groups attached to an aromatic ring is 1. The summed E-state index contributed by atoms with van der Waals surface area (Å²) in [6, 6.07) is 7.93. The number of halogens is 1. The number of hydrogen-bond donors (Lipinski definition) is 4. The van der Waals surface area contributed by atoms with Crippen molar-refractivity contribution >= 4 is 45.7 Å². The van der Waals surface area contributed by atoms with Gasteiger partial charge in [-0.2, -0.15) is 11.8 Å². The molecule has 172 valence electrons. The highest BCUT2D eigenvalue weighted by Crippen LogP contribution is 2.43. The fraction of sp³-hybridized carbons (Fsp3) is 0.304. The van der Waals surface area contributed by atoms with E-state index in [1.54, 1.807) is 16.3 Å². The molecule has 5 rings (SSSR count). The highest BCUT2D eigenvalue weighted by atomic mass is 32.2. The van der Waals surface area contributed by atoms with Crippen LogP contribution in [0.25, 0.3) is 10.9 Å². The number of benzene rings is 2. The van der Waals surface area contributed by atoms with Crippen molar-refractivity contribution in [3.63, 3.8) is 0 Å². The summed E-state index contributed by atoms with van der Waals surface area (Å²) in [6.45, 7) is 3.33. The predicted octanol–water partition coefficient (Wildman–Crippen LogP) is 3.69. The molecule has 0 aliphatic carbocycles. The number of nitrogens with zero attached hydrogens (tertiary/aromatic N) is 1. The van der Waals surface area contributed by atoms with Crippen molar-refractivity contribution in [2.75, 3.05) is 41.8 Å². The lowest BCUT2D eigenvalue weighted by Crippen LogP contribution is -2.28. The molecule has 1 unspecified atom stereocenters. The third kappa shape index (κ3) is 3.45. The van der Waals surface area contributed by atoms with Crippen LogP contribution in [-0.2, 0) is 0 Å². The summed E-state index contributed by atoms with van der Waals surface area (Å²) < 4.78 is 22.8. The van der Waals surface area contributed by atoms with Crippen LogP contribution in [0.15, 0.2) is 35.3 Å². The summed E-state index contributed by atoms with van der Waals surface area (Å²) in [5.41, 5.74) is 7.17.